The summed E-state index contributed by atoms with van der Waals surface area (Å²) in [5, 5.41) is 0. The van der Waals surface area contributed by atoms with Gasteiger partial charge in [0, 0.05) is 12.1 Å². The van der Waals surface area contributed by atoms with Crippen LogP contribution in [-0.4, -0.2) is 41.1 Å². The van der Waals surface area contributed by atoms with Crippen molar-refractivity contribution in [1.82, 2.24) is 9.88 Å². The van der Waals surface area contributed by atoms with E-state index in [1.54, 1.807) is 0 Å². The Bertz CT molecular complexity index is 739. The highest BCUT2D eigenvalue weighted by Gasteiger charge is 2.36. The second kappa shape index (κ2) is 7.00. The van der Waals surface area contributed by atoms with E-state index < -0.39 is 0 Å². The van der Waals surface area contributed by atoms with Crippen LogP contribution in [0.3, 0.4) is 0 Å². The molecule has 5 nitrogen and oxygen atoms in total. The van der Waals surface area contributed by atoms with Crippen molar-refractivity contribution in [3.05, 3.63) is 41.8 Å². The molecular formula is C20H24N2O3. The van der Waals surface area contributed by atoms with E-state index in [9.17, 15) is 4.79 Å². The van der Waals surface area contributed by atoms with Crippen molar-refractivity contribution in [2.45, 2.75) is 51.2 Å². The number of aromatic nitrogens is 1. The number of aryl methyl sites for hydroxylation is 1. The molecule has 1 saturated heterocycles. The van der Waals surface area contributed by atoms with Gasteiger partial charge in [-0.25, -0.2) is 4.98 Å². The van der Waals surface area contributed by atoms with Crippen molar-refractivity contribution in [3.8, 4) is 11.5 Å². The monoisotopic (exact) mass is 340 g/mol. The summed E-state index contributed by atoms with van der Waals surface area (Å²) in [6, 6.07) is 10.0. The van der Waals surface area contributed by atoms with Crippen LogP contribution in [0.25, 0.3) is 11.5 Å². The molecule has 1 aliphatic heterocycles. The smallest absolute Gasteiger partial charge is 0.229 e. The Morgan fingerprint density at radius 3 is 2.88 bits per heavy atom. The average Bonchev–Trinajstić information content (AvgIpc) is 3.02. The Kier molecular flexibility index (Phi) is 4.57. The summed E-state index contributed by atoms with van der Waals surface area (Å²) < 4.78 is 11.7. The number of ether oxygens (including phenoxy) is 1. The summed E-state index contributed by atoms with van der Waals surface area (Å²) in [5.41, 5.74) is 1.67. The number of oxazole rings is 1. The topological polar surface area (TPSA) is 55.6 Å². The van der Waals surface area contributed by atoms with Crippen molar-refractivity contribution >= 4 is 5.91 Å². The molecule has 2 aromatic rings. The van der Waals surface area contributed by atoms with Crippen LogP contribution >= 0.6 is 0 Å². The summed E-state index contributed by atoms with van der Waals surface area (Å²) >= 11 is 0. The quantitative estimate of drug-likeness (QED) is 0.860. The highest BCUT2D eigenvalue weighted by Crippen LogP contribution is 2.29. The van der Waals surface area contributed by atoms with Crippen molar-refractivity contribution in [2.24, 2.45) is 0 Å². The minimum absolute atomic E-state index is 0.135. The fourth-order valence-electron chi connectivity index (χ4n) is 3.95. The van der Waals surface area contributed by atoms with Gasteiger partial charge in [-0.1, -0.05) is 31.0 Å². The summed E-state index contributed by atoms with van der Waals surface area (Å²) in [4.78, 5) is 19.5. The highest BCUT2D eigenvalue weighted by atomic mass is 16.5. The molecule has 5 heteroatoms. The lowest BCUT2D eigenvalue weighted by atomic mass is 9.90. The molecule has 0 radical (unpaired) electrons. The van der Waals surface area contributed by atoms with E-state index in [2.05, 4.69) is 4.98 Å². The van der Waals surface area contributed by atoms with Gasteiger partial charge in [0.25, 0.3) is 0 Å². The molecule has 0 bridgehead atoms. The lowest BCUT2D eigenvalue weighted by molar-refractivity contribution is -0.148. The number of morpholine rings is 1. The maximum absolute atomic E-state index is 12.9. The molecule has 2 fully saturated rings. The fourth-order valence-corrected chi connectivity index (χ4v) is 3.95. The molecule has 1 aliphatic carbocycles. The number of carbonyl (C=O) groups excluding carboxylic acids is 1. The third kappa shape index (κ3) is 3.33. The summed E-state index contributed by atoms with van der Waals surface area (Å²) in [7, 11) is 0. The predicted octanol–water partition coefficient (Wildman–Crippen LogP) is 3.36. The van der Waals surface area contributed by atoms with Crippen LogP contribution in [0.1, 0.15) is 37.1 Å². The number of hydrogen-bond acceptors (Lipinski definition) is 4. The van der Waals surface area contributed by atoms with Gasteiger partial charge >= 0.3 is 0 Å². The summed E-state index contributed by atoms with van der Waals surface area (Å²) in [5.74, 6) is 1.44. The number of carbonyl (C=O) groups is 1. The van der Waals surface area contributed by atoms with Gasteiger partial charge in [-0.3, -0.25) is 4.79 Å². The van der Waals surface area contributed by atoms with Crippen LogP contribution in [0.4, 0.5) is 0 Å². The minimum atomic E-state index is 0.135. The molecule has 2 heterocycles. The van der Waals surface area contributed by atoms with Gasteiger partial charge in [0.05, 0.1) is 30.9 Å². The van der Waals surface area contributed by atoms with E-state index in [0.29, 0.717) is 25.5 Å². The van der Waals surface area contributed by atoms with E-state index in [-0.39, 0.29) is 18.1 Å². The van der Waals surface area contributed by atoms with Crippen LogP contribution in [0, 0.1) is 6.92 Å². The van der Waals surface area contributed by atoms with Crippen LogP contribution < -0.4 is 0 Å². The Hall–Kier alpha value is -2.14. The number of nitrogens with zero attached hydrogens (tertiary/aromatic N) is 2. The zero-order valence-corrected chi connectivity index (χ0v) is 14.6. The van der Waals surface area contributed by atoms with E-state index in [4.69, 9.17) is 9.15 Å². The number of hydrogen-bond donors (Lipinski definition) is 0. The van der Waals surface area contributed by atoms with E-state index in [1.165, 1.54) is 12.8 Å². The first-order chi connectivity index (χ1) is 12.2. The third-order valence-electron chi connectivity index (χ3n) is 5.28. The lowest BCUT2D eigenvalue weighted by Gasteiger charge is -2.43. The fraction of sp³-hybridized carbons (Fsp3) is 0.500. The van der Waals surface area contributed by atoms with E-state index in [0.717, 1.165) is 29.9 Å². The standard InChI is InChI=1S/C20H24N2O3/c1-14-16(21-20(25-14)15-7-3-2-4-8-15)13-19(23)22-11-12-24-18-10-6-5-9-17(18)22/h2-4,7-8,17-18H,5-6,9-13H2,1H3. The van der Waals surface area contributed by atoms with Crippen LogP contribution in [0.15, 0.2) is 34.7 Å². The van der Waals surface area contributed by atoms with Crippen LogP contribution in [0.5, 0.6) is 0 Å². The van der Waals surface area contributed by atoms with Crippen molar-refractivity contribution < 1.29 is 13.9 Å². The molecule has 1 aromatic heterocycles. The Balaban J connectivity index is 1.50. The largest absolute Gasteiger partial charge is 0.441 e. The lowest BCUT2D eigenvalue weighted by Crippen LogP contribution is -2.55. The summed E-state index contributed by atoms with van der Waals surface area (Å²) in [6.07, 6.45) is 5.00. The first-order valence-corrected chi connectivity index (χ1v) is 9.15. The Morgan fingerprint density at radius 2 is 2.04 bits per heavy atom. The van der Waals surface area contributed by atoms with Gasteiger partial charge in [0.2, 0.25) is 11.8 Å². The van der Waals surface area contributed by atoms with Gasteiger partial charge in [0.15, 0.2) is 0 Å². The van der Waals surface area contributed by atoms with Gasteiger partial charge in [-0.15, -0.1) is 0 Å². The molecule has 0 spiro atoms. The second-order valence-corrected chi connectivity index (χ2v) is 6.91. The second-order valence-electron chi connectivity index (χ2n) is 6.91. The Morgan fingerprint density at radius 1 is 1.24 bits per heavy atom. The first kappa shape index (κ1) is 16.3. The normalized spacial score (nSPS) is 23.3. The van der Waals surface area contributed by atoms with Crippen LogP contribution in [-0.2, 0) is 16.0 Å². The average molecular weight is 340 g/mol. The maximum atomic E-state index is 12.9. The van der Waals surface area contributed by atoms with Crippen molar-refractivity contribution in [1.29, 1.82) is 0 Å². The molecule has 25 heavy (non-hydrogen) atoms. The zero-order chi connectivity index (χ0) is 17.2. The third-order valence-corrected chi connectivity index (χ3v) is 5.28. The van der Waals surface area contributed by atoms with E-state index in [1.807, 2.05) is 42.2 Å². The number of rotatable bonds is 3. The molecule has 1 saturated carbocycles. The molecule has 0 N–H and O–H groups in total. The molecule has 4 rings (SSSR count). The molecule has 132 valence electrons. The molecule has 1 amide bonds. The maximum Gasteiger partial charge on any atom is 0.229 e. The SMILES string of the molecule is Cc1oc(-c2ccccc2)nc1CC(=O)N1CCOC2CCCCC21. The number of benzene rings is 1. The molecule has 1 aromatic carbocycles. The number of amides is 1. The Labute approximate surface area is 148 Å². The molecular weight excluding hydrogens is 316 g/mol. The minimum Gasteiger partial charge on any atom is -0.441 e. The van der Waals surface area contributed by atoms with Gasteiger partial charge in [0.1, 0.15) is 5.76 Å². The predicted molar refractivity (Wildman–Crippen MR) is 94.1 cm³/mol. The van der Waals surface area contributed by atoms with E-state index >= 15 is 0 Å². The zero-order valence-electron chi connectivity index (χ0n) is 14.6. The summed E-state index contributed by atoms with van der Waals surface area (Å²) in [6.45, 7) is 3.20. The molecule has 2 atom stereocenters. The van der Waals surface area contributed by atoms with Gasteiger partial charge < -0.3 is 14.1 Å². The van der Waals surface area contributed by atoms with Gasteiger partial charge in [-0.2, -0.15) is 0 Å². The van der Waals surface area contributed by atoms with Crippen molar-refractivity contribution in [3.63, 3.8) is 0 Å². The molecule has 2 aliphatic rings. The number of fused-ring (bicyclic) bond motifs is 1. The highest BCUT2D eigenvalue weighted by molar-refractivity contribution is 5.79. The molecule has 2 unspecified atom stereocenters. The van der Waals surface area contributed by atoms with Crippen molar-refractivity contribution in [2.75, 3.05) is 13.2 Å². The van der Waals surface area contributed by atoms with Crippen LogP contribution in [0.2, 0.25) is 0 Å². The van der Waals surface area contributed by atoms with Gasteiger partial charge in [-0.05, 0) is 31.9 Å². The first-order valence-electron chi connectivity index (χ1n) is 9.15.